The second-order valence-electron chi connectivity index (χ2n) is 5.23. The van der Waals surface area contributed by atoms with Crippen molar-refractivity contribution >= 4 is 11.9 Å². The van der Waals surface area contributed by atoms with E-state index in [-0.39, 0.29) is 11.3 Å². The van der Waals surface area contributed by atoms with Crippen LogP contribution in [0, 0.1) is 5.41 Å². The van der Waals surface area contributed by atoms with Crippen molar-refractivity contribution in [3.8, 4) is 5.75 Å². The molecule has 0 aromatic carbocycles. The predicted molar refractivity (Wildman–Crippen MR) is 70.1 cm³/mol. The first kappa shape index (κ1) is 12.2. The molecule has 2 aliphatic rings. The van der Waals surface area contributed by atoms with Crippen molar-refractivity contribution in [3.05, 3.63) is 12.4 Å². The van der Waals surface area contributed by atoms with Crippen LogP contribution in [0.2, 0.25) is 0 Å². The van der Waals surface area contributed by atoms with Crippen LogP contribution in [0.5, 0.6) is 5.75 Å². The number of hydrogen-bond donors (Lipinski definition) is 1. The van der Waals surface area contributed by atoms with Gasteiger partial charge < -0.3 is 15.0 Å². The Kier molecular flexibility index (Phi) is 3.00. The van der Waals surface area contributed by atoms with Gasteiger partial charge in [-0.15, -0.1) is 0 Å². The van der Waals surface area contributed by atoms with Crippen molar-refractivity contribution in [2.75, 3.05) is 31.6 Å². The zero-order chi connectivity index (χ0) is 13.3. The van der Waals surface area contributed by atoms with Gasteiger partial charge >= 0.3 is 0 Å². The van der Waals surface area contributed by atoms with Crippen LogP contribution in [0.3, 0.4) is 0 Å². The highest BCUT2D eigenvalue weighted by molar-refractivity contribution is 5.84. The molecule has 2 fully saturated rings. The quantitative estimate of drug-likeness (QED) is 0.845. The van der Waals surface area contributed by atoms with Crippen molar-refractivity contribution in [1.29, 1.82) is 0 Å². The minimum absolute atomic E-state index is 0.190. The summed E-state index contributed by atoms with van der Waals surface area (Å²) in [6.07, 6.45) is 6.23. The van der Waals surface area contributed by atoms with Gasteiger partial charge in [0.05, 0.1) is 24.9 Å². The fraction of sp³-hybridized carbons (Fsp3) is 0.615. The summed E-state index contributed by atoms with van der Waals surface area (Å²) in [6, 6.07) is 0. The van der Waals surface area contributed by atoms with Crippen molar-refractivity contribution in [2.24, 2.45) is 5.41 Å². The van der Waals surface area contributed by atoms with Crippen LogP contribution in [0.4, 0.5) is 5.95 Å². The van der Waals surface area contributed by atoms with Crippen molar-refractivity contribution < 1.29 is 9.53 Å². The van der Waals surface area contributed by atoms with Crippen molar-refractivity contribution in [1.82, 2.24) is 15.3 Å². The second kappa shape index (κ2) is 4.68. The summed E-state index contributed by atoms with van der Waals surface area (Å²) in [5.41, 5.74) is -0.235. The molecule has 1 amide bonds. The summed E-state index contributed by atoms with van der Waals surface area (Å²) in [6.45, 7) is 2.35. The Morgan fingerprint density at radius 1 is 1.37 bits per heavy atom. The molecule has 0 radical (unpaired) electrons. The van der Waals surface area contributed by atoms with Gasteiger partial charge in [-0.25, -0.2) is 9.97 Å². The Bertz CT molecular complexity index is 476. The van der Waals surface area contributed by atoms with E-state index in [1.165, 1.54) is 0 Å². The number of nitrogens with zero attached hydrogens (tertiary/aromatic N) is 3. The van der Waals surface area contributed by atoms with Crippen molar-refractivity contribution in [2.45, 2.75) is 19.3 Å². The Morgan fingerprint density at radius 3 is 2.84 bits per heavy atom. The molecule has 6 heteroatoms. The number of anilines is 1. The number of methoxy groups -OCH3 is 1. The van der Waals surface area contributed by atoms with Gasteiger partial charge in [0, 0.05) is 19.6 Å². The number of carbonyl (C=O) groups is 1. The standard InChI is InChI=1S/C13H18N4O2/c1-19-10-7-15-12(16-8-10)17-6-4-13(9-17)3-2-5-14-11(13)18/h7-8H,2-6,9H2,1H3,(H,14,18). The Hall–Kier alpha value is -1.85. The lowest BCUT2D eigenvalue weighted by atomic mass is 9.79. The summed E-state index contributed by atoms with van der Waals surface area (Å²) in [5.74, 6) is 1.51. The molecule has 19 heavy (non-hydrogen) atoms. The zero-order valence-electron chi connectivity index (χ0n) is 11.1. The number of aromatic nitrogens is 2. The van der Waals surface area contributed by atoms with Gasteiger partial charge in [0.25, 0.3) is 0 Å². The normalized spacial score (nSPS) is 26.6. The number of ether oxygens (including phenoxy) is 1. The number of amides is 1. The molecule has 1 unspecified atom stereocenters. The van der Waals surface area contributed by atoms with E-state index in [1.54, 1.807) is 19.5 Å². The number of rotatable bonds is 2. The minimum Gasteiger partial charge on any atom is -0.494 e. The summed E-state index contributed by atoms with van der Waals surface area (Å²) in [7, 11) is 1.59. The van der Waals surface area contributed by atoms with Crippen molar-refractivity contribution in [3.63, 3.8) is 0 Å². The molecule has 102 valence electrons. The predicted octanol–water partition coefficient (Wildman–Crippen LogP) is 0.592. The molecule has 0 bridgehead atoms. The smallest absolute Gasteiger partial charge is 0.228 e. The first-order chi connectivity index (χ1) is 9.23. The zero-order valence-corrected chi connectivity index (χ0v) is 11.1. The molecule has 2 aliphatic heterocycles. The van der Waals surface area contributed by atoms with E-state index in [2.05, 4.69) is 20.2 Å². The first-order valence-electron chi connectivity index (χ1n) is 6.63. The molecule has 0 saturated carbocycles. The summed E-state index contributed by atoms with van der Waals surface area (Å²) >= 11 is 0. The number of hydrogen-bond acceptors (Lipinski definition) is 5. The molecule has 3 heterocycles. The highest BCUT2D eigenvalue weighted by Crippen LogP contribution is 2.38. The lowest BCUT2D eigenvalue weighted by Gasteiger charge is -2.32. The maximum Gasteiger partial charge on any atom is 0.228 e. The van der Waals surface area contributed by atoms with E-state index in [9.17, 15) is 4.79 Å². The SMILES string of the molecule is COc1cnc(N2CCC3(CCCNC3=O)C2)nc1. The second-order valence-corrected chi connectivity index (χ2v) is 5.23. The first-order valence-corrected chi connectivity index (χ1v) is 6.63. The van der Waals surface area contributed by atoms with E-state index in [0.29, 0.717) is 18.2 Å². The Morgan fingerprint density at radius 2 is 2.16 bits per heavy atom. The third kappa shape index (κ3) is 2.11. The average molecular weight is 262 g/mol. The lowest BCUT2D eigenvalue weighted by Crippen LogP contribution is -2.47. The molecule has 1 aromatic heterocycles. The van der Waals surface area contributed by atoms with Crippen LogP contribution in [0.15, 0.2) is 12.4 Å². The molecule has 1 aromatic rings. The topological polar surface area (TPSA) is 67.3 Å². The Labute approximate surface area is 112 Å². The average Bonchev–Trinajstić information content (AvgIpc) is 2.88. The van der Waals surface area contributed by atoms with Crippen LogP contribution in [0.1, 0.15) is 19.3 Å². The molecular weight excluding hydrogens is 244 g/mol. The largest absolute Gasteiger partial charge is 0.494 e. The van der Waals surface area contributed by atoms with Gasteiger partial charge in [0.2, 0.25) is 11.9 Å². The number of carbonyl (C=O) groups excluding carboxylic acids is 1. The van der Waals surface area contributed by atoms with E-state index >= 15 is 0 Å². The fourth-order valence-corrected chi connectivity index (χ4v) is 2.94. The van der Waals surface area contributed by atoms with Crippen LogP contribution < -0.4 is 15.0 Å². The summed E-state index contributed by atoms with van der Waals surface area (Å²) in [5, 5.41) is 2.98. The van der Waals surface area contributed by atoms with Gasteiger partial charge in [-0.3, -0.25) is 4.79 Å². The molecule has 1 spiro atoms. The van der Waals surface area contributed by atoms with Gasteiger partial charge in [0.1, 0.15) is 0 Å². The minimum atomic E-state index is -0.235. The van der Waals surface area contributed by atoms with E-state index < -0.39 is 0 Å². The van der Waals surface area contributed by atoms with Crippen LogP contribution in [-0.2, 0) is 4.79 Å². The molecule has 6 nitrogen and oxygen atoms in total. The molecule has 1 atom stereocenters. The van der Waals surface area contributed by atoms with Gasteiger partial charge in [-0.05, 0) is 19.3 Å². The summed E-state index contributed by atoms with van der Waals surface area (Å²) in [4.78, 5) is 22.8. The third-order valence-corrected chi connectivity index (χ3v) is 4.09. The maximum absolute atomic E-state index is 12.1. The van der Waals surface area contributed by atoms with E-state index in [4.69, 9.17) is 4.74 Å². The fourth-order valence-electron chi connectivity index (χ4n) is 2.94. The van der Waals surface area contributed by atoms with Gasteiger partial charge in [-0.2, -0.15) is 0 Å². The molecular formula is C13H18N4O2. The van der Waals surface area contributed by atoms with Crippen LogP contribution in [-0.4, -0.2) is 42.6 Å². The molecule has 1 N–H and O–H groups in total. The number of piperidine rings is 1. The van der Waals surface area contributed by atoms with Gasteiger partial charge in [-0.1, -0.05) is 0 Å². The van der Waals surface area contributed by atoms with E-state index in [0.717, 1.165) is 32.4 Å². The molecule has 3 rings (SSSR count). The van der Waals surface area contributed by atoms with Gasteiger partial charge in [0.15, 0.2) is 5.75 Å². The monoisotopic (exact) mass is 262 g/mol. The lowest BCUT2D eigenvalue weighted by molar-refractivity contribution is -0.132. The number of nitrogens with one attached hydrogen (secondary N) is 1. The maximum atomic E-state index is 12.1. The van der Waals surface area contributed by atoms with Crippen LogP contribution >= 0.6 is 0 Å². The Balaban J connectivity index is 1.75. The third-order valence-electron chi connectivity index (χ3n) is 4.09. The molecule has 2 saturated heterocycles. The van der Waals surface area contributed by atoms with E-state index in [1.807, 2.05) is 0 Å². The molecule has 0 aliphatic carbocycles. The highest BCUT2D eigenvalue weighted by atomic mass is 16.5. The highest BCUT2D eigenvalue weighted by Gasteiger charge is 2.46. The summed E-state index contributed by atoms with van der Waals surface area (Å²) < 4.78 is 5.05. The van der Waals surface area contributed by atoms with Crippen LogP contribution in [0.25, 0.3) is 0 Å².